The molecule has 156 valence electrons. The first-order valence-electron chi connectivity index (χ1n) is 8.50. The molecule has 29 heavy (non-hydrogen) atoms. The van der Waals surface area contributed by atoms with Gasteiger partial charge in [-0.25, -0.2) is 17.2 Å². The molecule has 3 rings (SSSR count). The number of benzene rings is 2. The lowest BCUT2D eigenvalue weighted by atomic mass is 10.3. The fourth-order valence-corrected chi connectivity index (χ4v) is 4.84. The second-order valence-corrected chi connectivity index (χ2v) is 8.92. The van der Waals surface area contributed by atoms with E-state index in [1.807, 2.05) is 0 Å². The molecule has 2 aromatic rings. The van der Waals surface area contributed by atoms with Crippen LogP contribution >= 0.6 is 23.2 Å². The average molecular weight is 465 g/mol. The van der Waals surface area contributed by atoms with Crippen LogP contribution < -0.4 is 4.74 Å². The summed E-state index contributed by atoms with van der Waals surface area (Å²) >= 11 is 12.0. The molecule has 2 aromatic carbocycles. The largest absolute Gasteiger partial charge is 0.481 e. The Morgan fingerprint density at radius 1 is 1.03 bits per heavy atom. The van der Waals surface area contributed by atoms with Crippen molar-refractivity contribution in [1.29, 1.82) is 0 Å². The van der Waals surface area contributed by atoms with Crippen molar-refractivity contribution in [1.82, 2.24) is 9.21 Å². The SMILES string of the molecule is O=C(COc1c(Cl)cccc1Cl)N1CCN(S(=O)(=O)c2cc(F)ccc2F)CC1. The van der Waals surface area contributed by atoms with Gasteiger partial charge in [-0.05, 0) is 30.3 Å². The number of carbonyl (C=O) groups excluding carboxylic acids is 1. The fraction of sp³-hybridized carbons (Fsp3) is 0.278. The Bertz CT molecular complexity index is 1010. The van der Waals surface area contributed by atoms with Gasteiger partial charge in [0.05, 0.1) is 10.0 Å². The average Bonchev–Trinajstić information content (AvgIpc) is 2.69. The molecule has 1 saturated heterocycles. The standard InChI is InChI=1S/C18H16Cl2F2N2O4S/c19-13-2-1-3-14(20)18(13)28-11-17(25)23-6-8-24(9-7-23)29(26,27)16-10-12(21)4-5-15(16)22/h1-5,10H,6-9,11H2. The Morgan fingerprint density at radius 3 is 2.28 bits per heavy atom. The number of nitrogens with zero attached hydrogens (tertiary/aromatic N) is 2. The molecule has 6 nitrogen and oxygen atoms in total. The zero-order chi connectivity index (χ0) is 21.2. The highest BCUT2D eigenvalue weighted by Gasteiger charge is 2.32. The lowest BCUT2D eigenvalue weighted by Crippen LogP contribution is -2.51. The van der Waals surface area contributed by atoms with Gasteiger partial charge in [0.25, 0.3) is 5.91 Å². The summed E-state index contributed by atoms with van der Waals surface area (Å²) in [6.45, 7) is -0.286. The monoisotopic (exact) mass is 464 g/mol. The summed E-state index contributed by atoms with van der Waals surface area (Å²) in [6.07, 6.45) is 0. The molecule has 0 spiro atoms. The van der Waals surface area contributed by atoms with E-state index in [-0.39, 0.29) is 54.5 Å². The minimum absolute atomic E-state index is 0.0587. The maximum Gasteiger partial charge on any atom is 0.260 e. The van der Waals surface area contributed by atoms with Crippen LogP contribution in [0.4, 0.5) is 8.78 Å². The van der Waals surface area contributed by atoms with Crippen molar-refractivity contribution in [3.8, 4) is 5.75 Å². The van der Waals surface area contributed by atoms with Crippen molar-refractivity contribution in [3.05, 3.63) is 58.1 Å². The van der Waals surface area contributed by atoms with E-state index >= 15 is 0 Å². The van der Waals surface area contributed by atoms with Gasteiger partial charge in [-0.3, -0.25) is 4.79 Å². The van der Waals surface area contributed by atoms with E-state index in [1.165, 1.54) is 4.90 Å². The van der Waals surface area contributed by atoms with E-state index < -0.39 is 26.6 Å². The summed E-state index contributed by atoms with van der Waals surface area (Å²) in [7, 11) is -4.22. The topological polar surface area (TPSA) is 66.9 Å². The first kappa shape index (κ1) is 21.8. The van der Waals surface area contributed by atoms with E-state index in [0.29, 0.717) is 6.07 Å². The zero-order valence-electron chi connectivity index (χ0n) is 14.9. The van der Waals surface area contributed by atoms with Crippen LogP contribution in [0.3, 0.4) is 0 Å². The number of amides is 1. The molecule has 0 unspecified atom stereocenters. The lowest BCUT2D eigenvalue weighted by Gasteiger charge is -2.34. The van der Waals surface area contributed by atoms with Crippen LogP contribution in [0.5, 0.6) is 5.75 Å². The fourth-order valence-electron chi connectivity index (χ4n) is 2.84. The number of carbonyl (C=O) groups is 1. The molecule has 0 saturated carbocycles. The predicted octanol–water partition coefficient (Wildman–Crippen LogP) is 3.18. The van der Waals surface area contributed by atoms with Crippen molar-refractivity contribution in [2.24, 2.45) is 0 Å². The number of piperazine rings is 1. The Balaban J connectivity index is 1.61. The van der Waals surface area contributed by atoms with Crippen molar-refractivity contribution in [2.75, 3.05) is 32.8 Å². The Morgan fingerprint density at radius 2 is 1.66 bits per heavy atom. The van der Waals surface area contributed by atoms with E-state index in [9.17, 15) is 22.0 Å². The number of para-hydroxylation sites is 1. The Labute approximate surface area is 176 Å². The van der Waals surface area contributed by atoms with Crippen LogP contribution in [-0.2, 0) is 14.8 Å². The molecule has 0 bridgehead atoms. The number of ether oxygens (including phenoxy) is 1. The highest BCUT2D eigenvalue weighted by molar-refractivity contribution is 7.89. The van der Waals surface area contributed by atoms with Crippen molar-refractivity contribution in [3.63, 3.8) is 0 Å². The minimum atomic E-state index is -4.22. The van der Waals surface area contributed by atoms with Gasteiger partial charge in [0.2, 0.25) is 10.0 Å². The normalized spacial score (nSPS) is 15.4. The molecule has 1 heterocycles. The molecule has 1 aliphatic heterocycles. The smallest absolute Gasteiger partial charge is 0.260 e. The van der Waals surface area contributed by atoms with E-state index in [1.54, 1.807) is 18.2 Å². The molecule has 1 fully saturated rings. The van der Waals surface area contributed by atoms with Crippen LogP contribution in [0.15, 0.2) is 41.3 Å². The van der Waals surface area contributed by atoms with Gasteiger partial charge in [0, 0.05) is 26.2 Å². The van der Waals surface area contributed by atoms with Crippen LogP contribution in [0, 0.1) is 11.6 Å². The number of halogens is 4. The summed E-state index contributed by atoms with van der Waals surface area (Å²) in [4.78, 5) is 13.0. The zero-order valence-corrected chi connectivity index (χ0v) is 17.3. The quantitative estimate of drug-likeness (QED) is 0.681. The molecule has 0 atom stereocenters. The third-order valence-corrected chi connectivity index (χ3v) is 6.87. The van der Waals surface area contributed by atoms with Gasteiger partial charge in [-0.15, -0.1) is 0 Å². The van der Waals surface area contributed by atoms with Crippen LogP contribution in [-0.4, -0.2) is 56.3 Å². The molecule has 1 amide bonds. The Kier molecular flexibility index (Phi) is 6.62. The molecule has 1 aliphatic rings. The summed E-state index contributed by atoms with van der Waals surface area (Å²) in [6, 6.07) is 7.03. The van der Waals surface area contributed by atoms with E-state index in [0.717, 1.165) is 16.4 Å². The molecule has 0 aliphatic carbocycles. The molecule has 0 radical (unpaired) electrons. The molecule has 11 heteroatoms. The lowest BCUT2D eigenvalue weighted by molar-refractivity contribution is -0.134. The number of hydrogen-bond acceptors (Lipinski definition) is 4. The van der Waals surface area contributed by atoms with E-state index in [2.05, 4.69) is 0 Å². The maximum atomic E-state index is 13.9. The maximum absolute atomic E-state index is 13.9. The first-order valence-corrected chi connectivity index (χ1v) is 10.7. The molecular weight excluding hydrogens is 449 g/mol. The van der Waals surface area contributed by atoms with Gasteiger partial charge < -0.3 is 9.64 Å². The Hall–Kier alpha value is -1.94. The second-order valence-electron chi connectivity index (χ2n) is 6.20. The summed E-state index contributed by atoms with van der Waals surface area (Å²) in [5.41, 5.74) is 0. The van der Waals surface area contributed by atoms with Crippen molar-refractivity contribution < 1.29 is 26.7 Å². The van der Waals surface area contributed by atoms with E-state index in [4.69, 9.17) is 27.9 Å². The molecule has 0 N–H and O–H groups in total. The van der Waals surface area contributed by atoms with Crippen LogP contribution in [0.2, 0.25) is 10.0 Å². The van der Waals surface area contributed by atoms with Gasteiger partial charge in [0.15, 0.2) is 12.4 Å². The summed E-state index contributed by atoms with van der Waals surface area (Å²) in [5, 5.41) is 0.525. The number of sulfonamides is 1. The van der Waals surface area contributed by atoms with Crippen molar-refractivity contribution >= 4 is 39.1 Å². The third-order valence-electron chi connectivity index (χ3n) is 4.36. The number of hydrogen-bond donors (Lipinski definition) is 0. The minimum Gasteiger partial charge on any atom is -0.481 e. The third kappa shape index (κ3) is 4.80. The molecular formula is C18H16Cl2F2N2O4S. The summed E-state index contributed by atoms with van der Waals surface area (Å²) in [5.74, 6) is -2.08. The highest BCUT2D eigenvalue weighted by atomic mass is 35.5. The van der Waals surface area contributed by atoms with Gasteiger partial charge in [-0.1, -0.05) is 29.3 Å². The molecule has 0 aromatic heterocycles. The van der Waals surface area contributed by atoms with Crippen LogP contribution in [0.25, 0.3) is 0 Å². The highest BCUT2D eigenvalue weighted by Crippen LogP contribution is 2.32. The second kappa shape index (κ2) is 8.83. The van der Waals surface area contributed by atoms with Gasteiger partial charge >= 0.3 is 0 Å². The van der Waals surface area contributed by atoms with Crippen molar-refractivity contribution in [2.45, 2.75) is 4.90 Å². The van der Waals surface area contributed by atoms with Gasteiger partial charge in [-0.2, -0.15) is 4.31 Å². The number of rotatable bonds is 5. The first-order chi connectivity index (χ1) is 13.7. The summed E-state index contributed by atoms with van der Waals surface area (Å²) < 4.78 is 58.8. The van der Waals surface area contributed by atoms with Gasteiger partial charge in [0.1, 0.15) is 16.5 Å². The van der Waals surface area contributed by atoms with Crippen LogP contribution in [0.1, 0.15) is 0 Å². The predicted molar refractivity (Wildman–Crippen MR) is 104 cm³/mol.